The number of rotatable bonds is 6. The Morgan fingerprint density at radius 1 is 0.967 bits per heavy atom. The van der Waals surface area contributed by atoms with Crippen LogP contribution in [0.15, 0.2) is 78.9 Å². The number of anilines is 2. The fourth-order valence-electron chi connectivity index (χ4n) is 3.03. The van der Waals surface area contributed by atoms with Gasteiger partial charge < -0.3 is 5.32 Å². The molecule has 0 unspecified atom stereocenters. The highest BCUT2D eigenvalue weighted by molar-refractivity contribution is 6.03. The molecule has 0 saturated heterocycles. The Morgan fingerprint density at radius 3 is 2.43 bits per heavy atom. The van der Waals surface area contributed by atoms with E-state index in [1.807, 2.05) is 61.5 Å². The number of para-hydroxylation sites is 1. The van der Waals surface area contributed by atoms with E-state index in [1.54, 1.807) is 10.7 Å². The van der Waals surface area contributed by atoms with E-state index in [9.17, 15) is 9.18 Å². The number of amides is 1. The largest absolute Gasteiger partial charge is 0.350 e. The Hall–Kier alpha value is -4.00. The number of nitrogens with zero attached hydrogens (tertiary/aromatic N) is 3. The van der Waals surface area contributed by atoms with Gasteiger partial charge in [-0.3, -0.25) is 10.1 Å². The predicted octanol–water partition coefficient (Wildman–Crippen LogP) is 4.58. The number of hydrogen-bond donors (Lipinski definition) is 2. The molecule has 3 aromatic carbocycles. The first-order valence-electron chi connectivity index (χ1n) is 9.48. The van der Waals surface area contributed by atoms with Crippen LogP contribution in [0.1, 0.15) is 21.5 Å². The lowest BCUT2D eigenvalue weighted by molar-refractivity contribution is 0.102. The van der Waals surface area contributed by atoms with E-state index in [4.69, 9.17) is 0 Å². The summed E-state index contributed by atoms with van der Waals surface area (Å²) in [7, 11) is 0. The van der Waals surface area contributed by atoms with E-state index >= 15 is 0 Å². The molecule has 0 fully saturated rings. The van der Waals surface area contributed by atoms with E-state index in [2.05, 4.69) is 20.7 Å². The first kappa shape index (κ1) is 19.3. The van der Waals surface area contributed by atoms with E-state index in [0.29, 0.717) is 12.5 Å². The zero-order valence-corrected chi connectivity index (χ0v) is 16.3. The van der Waals surface area contributed by atoms with Gasteiger partial charge in [-0.1, -0.05) is 54.6 Å². The van der Waals surface area contributed by atoms with Crippen molar-refractivity contribution in [3.8, 4) is 5.69 Å². The van der Waals surface area contributed by atoms with Gasteiger partial charge in [-0.05, 0) is 42.3 Å². The molecular weight excluding hydrogens is 381 g/mol. The summed E-state index contributed by atoms with van der Waals surface area (Å²) in [4.78, 5) is 16.9. The second-order valence-corrected chi connectivity index (χ2v) is 6.72. The number of carbonyl (C=O) groups excluding carboxylic acids is 1. The lowest BCUT2D eigenvalue weighted by atomic mass is 10.1. The number of halogens is 1. The van der Waals surface area contributed by atoms with Crippen molar-refractivity contribution in [1.29, 1.82) is 0 Å². The van der Waals surface area contributed by atoms with Gasteiger partial charge >= 0.3 is 0 Å². The number of hydrogen-bond acceptors (Lipinski definition) is 4. The van der Waals surface area contributed by atoms with Crippen molar-refractivity contribution in [2.45, 2.75) is 13.5 Å². The molecule has 0 aliphatic heterocycles. The maximum atomic E-state index is 13.9. The van der Waals surface area contributed by atoms with Crippen LogP contribution in [0.4, 0.5) is 16.3 Å². The van der Waals surface area contributed by atoms with Crippen LogP contribution in [-0.2, 0) is 6.54 Å². The Labute approximate surface area is 173 Å². The van der Waals surface area contributed by atoms with Gasteiger partial charge in [0.1, 0.15) is 5.82 Å². The fraction of sp³-hybridized carbons (Fsp3) is 0.0870. The molecule has 0 atom stereocenters. The Kier molecular flexibility index (Phi) is 5.52. The summed E-state index contributed by atoms with van der Waals surface area (Å²) in [5.74, 6) is -0.660. The summed E-state index contributed by atoms with van der Waals surface area (Å²) in [5, 5.41) is 10.3. The van der Waals surface area contributed by atoms with Gasteiger partial charge in [-0.15, -0.1) is 5.10 Å². The Balaban J connectivity index is 1.62. The van der Waals surface area contributed by atoms with Crippen LogP contribution in [0.5, 0.6) is 0 Å². The number of carbonyl (C=O) groups is 1. The van der Waals surface area contributed by atoms with Gasteiger partial charge in [-0.2, -0.15) is 9.67 Å². The number of nitrogens with one attached hydrogen (secondary N) is 2. The molecule has 1 amide bonds. The summed E-state index contributed by atoms with van der Waals surface area (Å²) in [6.45, 7) is 2.58. The molecule has 1 aromatic heterocycles. The molecule has 0 spiro atoms. The molecule has 1 heterocycles. The molecule has 0 bridgehead atoms. The third kappa shape index (κ3) is 4.20. The van der Waals surface area contributed by atoms with E-state index in [-0.39, 0.29) is 11.5 Å². The van der Waals surface area contributed by atoms with E-state index in [1.165, 1.54) is 18.2 Å². The Bertz CT molecular complexity index is 1170. The predicted molar refractivity (Wildman–Crippen MR) is 114 cm³/mol. The van der Waals surface area contributed by atoms with Gasteiger partial charge in [0, 0.05) is 6.54 Å². The molecule has 30 heavy (non-hydrogen) atoms. The van der Waals surface area contributed by atoms with Crippen molar-refractivity contribution in [1.82, 2.24) is 14.8 Å². The first-order valence-corrected chi connectivity index (χ1v) is 9.48. The van der Waals surface area contributed by atoms with Gasteiger partial charge in [-0.25, -0.2) is 4.39 Å². The van der Waals surface area contributed by atoms with Crippen LogP contribution >= 0.6 is 0 Å². The Morgan fingerprint density at radius 2 is 1.67 bits per heavy atom. The topological polar surface area (TPSA) is 71.8 Å². The minimum Gasteiger partial charge on any atom is -0.350 e. The molecule has 0 radical (unpaired) electrons. The highest BCUT2D eigenvalue weighted by Crippen LogP contribution is 2.18. The number of benzene rings is 3. The zero-order chi connectivity index (χ0) is 20.9. The normalized spacial score (nSPS) is 10.6. The maximum Gasteiger partial charge on any atom is 0.261 e. The quantitative estimate of drug-likeness (QED) is 0.496. The van der Waals surface area contributed by atoms with Crippen LogP contribution in [0, 0.1) is 12.7 Å². The first-order chi connectivity index (χ1) is 14.6. The molecule has 0 saturated carbocycles. The third-order valence-corrected chi connectivity index (χ3v) is 4.65. The minimum absolute atomic E-state index is 0.0667. The summed E-state index contributed by atoms with van der Waals surface area (Å²) in [6.07, 6.45) is 0. The lowest BCUT2D eigenvalue weighted by Crippen LogP contribution is -2.14. The number of aryl methyl sites for hydroxylation is 1. The second-order valence-electron chi connectivity index (χ2n) is 6.72. The smallest absolute Gasteiger partial charge is 0.261 e. The lowest BCUT2D eigenvalue weighted by Gasteiger charge is -2.09. The molecular formula is C23H20FN5O. The summed E-state index contributed by atoms with van der Waals surface area (Å²) >= 11 is 0. The highest BCUT2D eigenvalue weighted by atomic mass is 19.1. The minimum atomic E-state index is -0.608. The SMILES string of the molecule is Cc1ccccc1CNc1nc(NC(=O)c2ccccc2F)nn1-c1ccccc1. The van der Waals surface area contributed by atoms with Crippen LogP contribution in [0.3, 0.4) is 0 Å². The molecule has 6 nitrogen and oxygen atoms in total. The van der Waals surface area contributed by atoms with Crippen molar-refractivity contribution >= 4 is 17.8 Å². The van der Waals surface area contributed by atoms with E-state index in [0.717, 1.165) is 16.8 Å². The summed E-state index contributed by atoms with van der Waals surface area (Å²) < 4.78 is 15.5. The van der Waals surface area contributed by atoms with E-state index < -0.39 is 11.7 Å². The monoisotopic (exact) mass is 401 g/mol. The van der Waals surface area contributed by atoms with Crippen molar-refractivity contribution < 1.29 is 9.18 Å². The summed E-state index contributed by atoms with van der Waals surface area (Å²) in [6, 6.07) is 23.3. The zero-order valence-electron chi connectivity index (χ0n) is 16.3. The average Bonchev–Trinajstić information content (AvgIpc) is 3.16. The molecule has 7 heteroatoms. The fourth-order valence-corrected chi connectivity index (χ4v) is 3.03. The number of aromatic nitrogens is 3. The van der Waals surface area contributed by atoms with Crippen LogP contribution in [0.25, 0.3) is 5.69 Å². The molecule has 4 aromatic rings. The van der Waals surface area contributed by atoms with Gasteiger partial charge in [0.15, 0.2) is 0 Å². The molecule has 0 aliphatic rings. The molecule has 2 N–H and O–H groups in total. The standard InChI is InChI=1S/C23H20FN5O/c1-16-9-5-6-10-17(16)15-25-23-27-22(28-29(23)18-11-3-2-4-12-18)26-21(30)19-13-7-8-14-20(19)24/h2-14H,15H2,1H3,(H2,25,26,27,28,30). The second kappa shape index (κ2) is 8.57. The molecule has 4 rings (SSSR count). The van der Waals surface area contributed by atoms with Gasteiger partial charge in [0.2, 0.25) is 5.95 Å². The van der Waals surface area contributed by atoms with Crippen molar-refractivity contribution in [2.24, 2.45) is 0 Å². The van der Waals surface area contributed by atoms with Crippen molar-refractivity contribution in [3.05, 3.63) is 101 Å². The highest BCUT2D eigenvalue weighted by Gasteiger charge is 2.17. The third-order valence-electron chi connectivity index (χ3n) is 4.65. The van der Waals surface area contributed by atoms with Gasteiger partial charge in [0.05, 0.1) is 11.3 Å². The van der Waals surface area contributed by atoms with Crippen LogP contribution < -0.4 is 10.6 Å². The van der Waals surface area contributed by atoms with Crippen molar-refractivity contribution in [2.75, 3.05) is 10.6 Å². The molecule has 0 aliphatic carbocycles. The van der Waals surface area contributed by atoms with Crippen LogP contribution in [0.2, 0.25) is 0 Å². The average molecular weight is 401 g/mol. The molecule has 150 valence electrons. The van der Waals surface area contributed by atoms with Gasteiger partial charge in [0.25, 0.3) is 11.9 Å². The van der Waals surface area contributed by atoms with Crippen LogP contribution in [-0.4, -0.2) is 20.7 Å². The van der Waals surface area contributed by atoms with Crippen molar-refractivity contribution in [3.63, 3.8) is 0 Å². The summed E-state index contributed by atoms with van der Waals surface area (Å²) in [5.41, 5.74) is 2.99. The maximum absolute atomic E-state index is 13.9.